The number of anilines is 1. The van der Waals surface area contributed by atoms with Crippen LogP contribution in [0.3, 0.4) is 0 Å². The molecule has 43 heavy (non-hydrogen) atoms. The van der Waals surface area contributed by atoms with E-state index in [1.165, 1.54) is 17.0 Å². The summed E-state index contributed by atoms with van der Waals surface area (Å²) in [7, 11) is -2.46. The number of benzene rings is 3. The van der Waals surface area contributed by atoms with Crippen LogP contribution < -0.4 is 9.46 Å². The van der Waals surface area contributed by atoms with Crippen LogP contribution in [0, 0.1) is 13.8 Å². The Balaban J connectivity index is 1.49. The van der Waals surface area contributed by atoms with E-state index in [4.69, 9.17) is 4.74 Å². The molecule has 1 aliphatic rings. The number of hydrogen-bond donors (Lipinski definition) is 1. The predicted molar refractivity (Wildman–Crippen MR) is 164 cm³/mol. The lowest BCUT2D eigenvalue weighted by atomic mass is 10.00. The number of ether oxygens (including phenoxy) is 1. The van der Waals surface area contributed by atoms with Crippen molar-refractivity contribution in [1.82, 2.24) is 19.9 Å². The van der Waals surface area contributed by atoms with Crippen LogP contribution in [0.1, 0.15) is 33.2 Å². The average molecular weight is 592 g/mol. The molecule has 3 heterocycles. The Morgan fingerprint density at radius 2 is 1.51 bits per heavy atom. The van der Waals surface area contributed by atoms with Gasteiger partial charge >= 0.3 is 0 Å². The Labute approximate surface area is 250 Å². The number of hydrogen-bond acceptors (Lipinski definition) is 7. The number of aromatic nitrogens is 3. The molecule has 2 aromatic heterocycles. The van der Waals surface area contributed by atoms with Gasteiger partial charge in [0, 0.05) is 36.6 Å². The lowest BCUT2D eigenvalue weighted by molar-refractivity contribution is 0.0706. The van der Waals surface area contributed by atoms with Crippen molar-refractivity contribution in [1.29, 1.82) is 0 Å². The Hall–Kier alpha value is -5.09. The number of aryl methyl sites for hydroxylation is 2. The highest BCUT2D eigenvalue weighted by Gasteiger charge is 2.26. The van der Waals surface area contributed by atoms with Crippen molar-refractivity contribution in [2.24, 2.45) is 0 Å². The van der Waals surface area contributed by atoms with Gasteiger partial charge in [0.25, 0.3) is 15.9 Å². The van der Waals surface area contributed by atoms with Crippen LogP contribution in [0.5, 0.6) is 5.88 Å². The molecular weight excluding hydrogens is 562 g/mol. The van der Waals surface area contributed by atoms with Gasteiger partial charge in [0.15, 0.2) is 0 Å². The summed E-state index contributed by atoms with van der Waals surface area (Å²) in [4.78, 5) is 28.1. The molecular formula is C33H29N5O4S. The van der Waals surface area contributed by atoms with Crippen LogP contribution in [0.15, 0.2) is 102 Å². The summed E-state index contributed by atoms with van der Waals surface area (Å²) in [5.74, 6) is -0.307. The van der Waals surface area contributed by atoms with Crippen LogP contribution in [0.4, 0.5) is 5.95 Å². The van der Waals surface area contributed by atoms with E-state index in [1.54, 1.807) is 37.6 Å². The number of nitrogens with one attached hydrogen (secondary N) is 1. The van der Waals surface area contributed by atoms with Gasteiger partial charge in [-0.3, -0.25) is 9.78 Å². The van der Waals surface area contributed by atoms with Gasteiger partial charge < -0.3 is 9.64 Å². The third kappa shape index (κ3) is 5.82. The Morgan fingerprint density at radius 1 is 0.837 bits per heavy atom. The van der Waals surface area contributed by atoms with E-state index in [9.17, 15) is 13.2 Å². The van der Waals surface area contributed by atoms with Crippen molar-refractivity contribution in [2.45, 2.75) is 24.8 Å². The van der Waals surface area contributed by atoms with Gasteiger partial charge in [0.2, 0.25) is 11.8 Å². The van der Waals surface area contributed by atoms with Gasteiger partial charge in [-0.05, 0) is 72.0 Å². The maximum atomic E-state index is 13.5. The number of carbonyl (C=O) groups is 1. The summed E-state index contributed by atoms with van der Waals surface area (Å²) >= 11 is 0. The molecule has 1 N–H and O–H groups in total. The first-order valence-corrected chi connectivity index (χ1v) is 15.2. The van der Waals surface area contributed by atoms with Crippen molar-refractivity contribution in [2.75, 3.05) is 18.3 Å². The Morgan fingerprint density at radius 3 is 2.23 bits per heavy atom. The monoisotopic (exact) mass is 591 g/mol. The number of pyridine rings is 1. The van der Waals surface area contributed by atoms with Crippen LogP contribution in [-0.4, -0.2) is 47.8 Å². The van der Waals surface area contributed by atoms with Crippen molar-refractivity contribution >= 4 is 21.9 Å². The standard InChI is InChI=1S/C33H29N5O4S/c1-21-6-4-7-22(2)31(21)28-19-30-36-33(35-28)37-43(40,41)27-9-5-8-26(18-27)32(39)38(3)20-29(42-30)25-12-10-23(11-13-25)24-14-16-34-17-15-24/h4-19,29H,20H2,1-3H3,(H,35,36,37). The zero-order valence-corrected chi connectivity index (χ0v) is 24.7. The van der Waals surface area contributed by atoms with Gasteiger partial charge in [0.05, 0.1) is 17.1 Å². The largest absolute Gasteiger partial charge is 0.467 e. The van der Waals surface area contributed by atoms with E-state index in [0.717, 1.165) is 33.4 Å². The first kappa shape index (κ1) is 28.0. The van der Waals surface area contributed by atoms with E-state index in [1.807, 2.05) is 68.4 Å². The van der Waals surface area contributed by atoms with Crippen LogP contribution >= 0.6 is 0 Å². The Kier molecular flexibility index (Phi) is 7.37. The quantitative estimate of drug-likeness (QED) is 0.281. The molecule has 0 radical (unpaired) electrons. The lowest BCUT2D eigenvalue weighted by Gasteiger charge is -2.25. The average Bonchev–Trinajstić information content (AvgIpc) is 3.00. The fraction of sp³-hybridized carbons (Fsp3) is 0.152. The highest BCUT2D eigenvalue weighted by molar-refractivity contribution is 7.92. The minimum Gasteiger partial charge on any atom is -0.467 e. The zero-order chi connectivity index (χ0) is 30.1. The summed E-state index contributed by atoms with van der Waals surface area (Å²) < 4.78 is 35.8. The number of amides is 1. The molecule has 1 aliphatic heterocycles. The highest BCUT2D eigenvalue weighted by Crippen LogP contribution is 2.32. The van der Waals surface area contributed by atoms with Crippen molar-refractivity contribution in [3.63, 3.8) is 0 Å². The number of carbonyl (C=O) groups excluding carboxylic acids is 1. The van der Waals surface area contributed by atoms with Crippen molar-refractivity contribution in [3.05, 3.63) is 120 Å². The smallest absolute Gasteiger partial charge is 0.264 e. The molecule has 0 saturated carbocycles. The second-order valence-electron chi connectivity index (χ2n) is 10.5. The summed E-state index contributed by atoms with van der Waals surface area (Å²) in [5.41, 5.74) is 6.39. The van der Waals surface area contributed by atoms with E-state index < -0.39 is 16.1 Å². The molecule has 3 aromatic carbocycles. The molecule has 0 aliphatic carbocycles. The molecule has 0 fully saturated rings. The Bertz CT molecular complexity index is 1910. The number of nitrogens with zero attached hydrogens (tertiary/aromatic N) is 4. The lowest BCUT2D eigenvalue weighted by Crippen LogP contribution is -2.33. The van der Waals surface area contributed by atoms with Crippen LogP contribution in [0.25, 0.3) is 22.4 Å². The third-order valence-electron chi connectivity index (χ3n) is 7.40. The SMILES string of the molecule is Cc1cccc(C)c1-c1cc2nc(n1)NS(=O)(=O)c1cccc(c1)C(=O)N(C)CC(c1ccc(-c3ccncc3)cc1)O2. The molecule has 1 unspecified atom stereocenters. The molecule has 216 valence electrons. The van der Waals surface area contributed by atoms with Crippen molar-refractivity contribution < 1.29 is 17.9 Å². The first-order chi connectivity index (χ1) is 20.7. The third-order valence-corrected chi connectivity index (χ3v) is 8.73. The van der Waals surface area contributed by atoms with E-state index in [-0.39, 0.29) is 34.7 Å². The fourth-order valence-corrected chi connectivity index (χ4v) is 6.19. The molecule has 1 atom stereocenters. The molecule has 5 aromatic rings. The molecule has 4 bridgehead atoms. The predicted octanol–water partition coefficient (Wildman–Crippen LogP) is 5.83. The second-order valence-corrected chi connectivity index (χ2v) is 12.1. The van der Waals surface area contributed by atoms with Crippen LogP contribution in [0.2, 0.25) is 0 Å². The summed E-state index contributed by atoms with van der Waals surface area (Å²) in [6, 6.07) is 25.3. The van der Waals surface area contributed by atoms with Crippen LogP contribution in [-0.2, 0) is 10.0 Å². The van der Waals surface area contributed by atoms with E-state index >= 15 is 0 Å². The molecule has 1 amide bonds. The van der Waals surface area contributed by atoms with Gasteiger partial charge in [0.1, 0.15) is 6.10 Å². The fourth-order valence-electron chi connectivity index (χ4n) is 5.20. The number of fused-ring (bicyclic) bond motifs is 4. The minimum absolute atomic E-state index is 0.0715. The first-order valence-electron chi connectivity index (χ1n) is 13.7. The molecule has 9 nitrogen and oxygen atoms in total. The van der Waals surface area contributed by atoms with E-state index in [2.05, 4.69) is 19.7 Å². The molecule has 10 heteroatoms. The summed E-state index contributed by atoms with van der Waals surface area (Å²) in [6.45, 7) is 4.11. The van der Waals surface area contributed by atoms with Gasteiger partial charge in [-0.25, -0.2) is 18.1 Å². The number of likely N-dealkylation sites (N-methyl/N-ethyl adjacent to an activating group) is 1. The zero-order valence-electron chi connectivity index (χ0n) is 23.9. The second kappa shape index (κ2) is 11.3. The number of sulfonamides is 1. The summed E-state index contributed by atoms with van der Waals surface area (Å²) in [5, 5.41) is 0. The topological polar surface area (TPSA) is 114 Å². The summed E-state index contributed by atoms with van der Waals surface area (Å²) in [6.07, 6.45) is 2.85. The normalized spacial score (nSPS) is 16.2. The van der Waals surface area contributed by atoms with Crippen molar-refractivity contribution in [3.8, 4) is 28.3 Å². The molecule has 6 rings (SSSR count). The molecule has 0 saturated heterocycles. The highest BCUT2D eigenvalue weighted by atomic mass is 32.2. The number of rotatable bonds is 3. The van der Waals surface area contributed by atoms with E-state index in [0.29, 0.717) is 5.69 Å². The van der Waals surface area contributed by atoms with Gasteiger partial charge in [-0.1, -0.05) is 48.5 Å². The maximum absolute atomic E-state index is 13.5. The van der Waals surface area contributed by atoms with Gasteiger partial charge in [-0.15, -0.1) is 0 Å². The minimum atomic E-state index is -4.12. The van der Waals surface area contributed by atoms with Gasteiger partial charge in [-0.2, -0.15) is 4.98 Å². The maximum Gasteiger partial charge on any atom is 0.264 e. The molecule has 0 spiro atoms.